The van der Waals surface area contributed by atoms with Crippen LogP contribution in [0.1, 0.15) is 18.9 Å². The van der Waals surface area contributed by atoms with Crippen molar-refractivity contribution < 1.29 is 4.74 Å². The normalized spacial score (nSPS) is 10.4. The van der Waals surface area contributed by atoms with E-state index < -0.39 is 0 Å². The van der Waals surface area contributed by atoms with Crippen LogP contribution in [0.4, 0.5) is 5.82 Å². The number of anilines is 1. The van der Waals surface area contributed by atoms with Crippen LogP contribution in [0, 0.1) is 6.92 Å². The van der Waals surface area contributed by atoms with Gasteiger partial charge in [0.1, 0.15) is 5.75 Å². The summed E-state index contributed by atoms with van der Waals surface area (Å²) < 4.78 is 5.16. The molecule has 1 aromatic heterocycles. The molecule has 0 aliphatic carbocycles. The Hall–Kier alpha value is -1.97. The molecule has 2 rings (SSSR count). The summed E-state index contributed by atoms with van der Waals surface area (Å²) in [5, 5.41) is 10.7. The van der Waals surface area contributed by atoms with Crippen molar-refractivity contribution in [2.45, 2.75) is 20.3 Å². The number of nitrogens with zero attached hydrogens (tertiary/aromatic N) is 1. The number of benzene rings is 1. The van der Waals surface area contributed by atoms with Crippen LogP contribution >= 0.6 is 0 Å². The minimum atomic E-state index is 0.861. The molecular formula is C14H19N3O. The van der Waals surface area contributed by atoms with Crippen LogP contribution in [0.15, 0.2) is 24.3 Å². The van der Waals surface area contributed by atoms with Gasteiger partial charge in [-0.3, -0.25) is 5.10 Å². The molecule has 96 valence electrons. The van der Waals surface area contributed by atoms with Crippen LogP contribution in [-0.4, -0.2) is 23.9 Å². The zero-order valence-corrected chi connectivity index (χ0v) is 11.1. The standard InChI is InChI=1S/C14H19N3O/c1-4-9-15-14-10(2)13(16-17-14)11-5-7-12(18-3)8-6-11/h5-8H,4,9H2,1-3H3,(H2,15,16,17). The van der Waals surface area contributed by atoms with Crippen molar-refractivity contribution in [3.63, 3.8) is 0 Å². The molecule has 0 fully saturated rings. The van der Waals surface area contributed by atoms with E-state index in [0.717, 1.165) is 41.4 Å². The number of hydrogen-bond donors (Lipinski definition) is 2. The van der Waals surface area contributed by atoms with Crippen molar-refractivity contribution in [3.8, 4) is 17.0 Å². The Kier molecular flexibility index (Phi) is 3.87. The lowest BCUT2D eigenvalue weighted by Crippen LogP contribution is -2.00. The van der Waals surface area contributed by atoms with Gasteiger partial charge in [-0.05, 0) is 37.6 Å². The average molecular weight is 245 g/mol. The predicted molar refractivity (Wildman–Crippen MR) is 74.1 cm³/mol. The molecule has 4 nitrogen and oxygen atoms in total. The van der Waals surface area contributed by atoms with Gasteiger partial charge in [0, 0.05) is 17.7 Å². The number of ether oxygens (including phenoxy) is 1. The highest BCUT2D eigenvalue weighted by atomic mass is 16.5. The number of H-pyrrole nitrogens is 1. The molecule has 1 aromatic carbocycles. The molecule has 0 aliphatic rings. The number of methoxy groups -OCH3 is 1. The van der Waals surface area contributed by atoms with Gasteiger partial charge in [-0.2, -0.15) is 5.10 Å². The third-order valence-electron chi connectivity index (χ3n) is 2.93. The van der Waals surface area contributed by atoms with Gasteiger partial charge in [0.2, 0.25) is 0 Å². The molecule has 0 saturated carbocycles. The molecule has 2 aromatic rings. The lowest BCUT2D eigenvalue weighted by atomic mass is 10.1. The second-order valence-corrected chi connectivity index (χ2v) is 4.23. The van der Waals surface area contributed by atoms with E-state index in [0.29, 0.717) is 0 Å². The van der Waals surface area contributed by atoms with E-state index in [1.54, 1.807) is 7.11 Å². The molecule has 0 unspecified atom stereocenters. The summed E-state index contributed by atoms with van der Waals surface area (Å²) in [6.07, 6.45) is 1.09. The highest BCUT2D eigenvalue weighted by molar-refractivity contribution is 5.68. The molecule has 0 bridgehead atoms. The van der Waals surface area contributed by atoms with Crippen molar-refractivity contribution >= 4 is 5.82 Å². The third-order valence-corrected chi connectivity index (χ3v) is 2.93. The smallest absolute Gasteiger partial charge is 0.151 e. The van der Waals surface area contributed by atoms with Gasteiger partial charge in [0.05, 0.1) is 12.8 Å². The summed E-state index contributed by atoms with van der Waals surface area (Å²) >= 11 is 0. The second kappa shape index (κ2) is 5.58. The molecule has 0 radical (unpaired) electrons. The molecule has 0 saturated heterocycles. The van der Waals surface area contributed by atoms with Crippen LogP contribution in [0.2, 0.25) is 0 Å². The first-order valence-corrected chi connectivity index (χ1v) is 6.19. The molecule has 18 heavy (non-hydrogen) atoms. The summed E-state index contributed by atoms with van der Waals surface area (Å²) in [4.78, 5) is 0. The van der Waals surface area contributed by atoms with E-state index in [9.17, 15) is 0 Å². The molecular weight excluding hydrogens is 226 g/mol. The van der Waals surface area contributed by atoms with Crippen LogP contribution in [0.25, 0.3) is 11.3 Å². The second-order valence-electron chi connectivity index (χ2n) is 4.23. The SMILES string of the molecule is CCCNc1n[nH]c(-c2ccc(OC)cc2)c1C. The van der Waals surface area contributed by atoms with E-state index >= 15 is 0 Å². The fraction of sp³-hybridized carbons (Fsp3) is 0.357. The molecule has 0 spiro atoms. The Morgan fingerprint density at radius 1 is 1.28 bits per heavy atom. The maximum atomic E-state index is 5.16. The predicted octanol–water partition coefficient (Wildman–Crippen LogP) is 3.22. The van der Waals surface area contributed by atoms with E-state index in [-0.39, 0.29) is 0 Å². The Labute approximate surface area is 107 Å². The number of aromatic amines is 1. The maximum Gasteiger partial charge on any atom is 0.151 e. The maximum absolute atomic E-state index is 5.16. The zero-order valence-electron chi connectivity index (χ0n) is 11.1. The van der Waals surface area contributed by atoms with Crippen molar-refractivity contribution in [1.82, 2.24) is 10.2 Å². The number of nitrogens with one attached hydrogen (secondary N) is 2. The Bertz CT molecular complexity index is 502. The summed E-state index contributed by atoms with van der Waals surface area (Å²) in [5.41, 5.74) is 3.32. The topological polar surface area (TPSA) is 49.9 Å². The van der Waals surface area contributed by atoms with Gasteiger partial charge in [0.25, 0.3) is 0 Å². The first-order valence-electron chi connectivity index (χ1n) is 6.19. The Morgan fingerprint density at radius 2 is 2.00 bits per heavy atom. The lowest BCUT2D eigenvalue weighted by Gasteiger charge is -2.04. The molecule has 0 amide bonds. The largest absolute Gasteiger partial charge is 0.497 e. The molecule has 0 aliphatic heterocycles. The molecule has 2 N–H and O–H groups in total. The van der Waals surface area contributed by atoms with Crippen molar-refractivity contribution in [1.29, 1.82) is 0 Å². The van der Waals surface area contributed by atoms with Crippen molar-refractivity contribution in [2.24, 2.45) is 0 Å². The van der Waals surface area contributed by atoms with Crippen LogP contribution < -0.4 is 10.1 Å². The summed E-state index contributed by atoms with van der Waals surface area (Å²) in [6.45, 7) is 5.15. The minimum Gasteiger partial charge on any atom is -0.497 e. The van der Waals surface area contributed by atoms with Gasteiger partial charge in [-0.15, -0.1) is 0 Å². The molecule has 0 atom stereocenters. The summed E-state index contributed by atoms with van der Waals surface area (Å²) in [6, 6.07) is 7.97. The molecule has 1 heterocycles. The van der Waals surface area contributed by atoms with E-state index in [1.165, 1.54) is 0 Å². The number of aromatic nitrogens is 2. The quantitative estimate of drug-likeness (QED) is 0.850. The van der Waals surface area contributed by atoms with E-state index in [1.807, 2.05) is 24.3 Å². The van der Waals surface area contributed by atoms with Gasteiger partial charge in [-0.1, -0.05) is 6.92 Å². The first kappa shape index (κ1) is 12.5. The van der Waals surface area contributed by atoms with Crippen molar-refractivity contribution in [2.75, 3.05) is 19.0 Å². The first-order chi connectivity index (χ1) is 8.76. The highest BCUT2D eigenvalue weighted by Crippen LogP contribution is 2.27. The third kappa shape index (κ3) is 2.47. The van der Waals surface area contributed by atoms with Gasteiger partial charge in [0.15, 0.2) is 5.82 Å². The van der Waals surface area contributed by atoms with E-state index in [2.05, 4.69) is 29.4 Å². The monoisotopic (exact) mass is 245 g/mol. The highest BCUT2D eigenvalue weighted by Gasteiger charge is 2.10. The molecule has 4 heteroatoms. The summed E-state index contributed by atoms with van der Waals surface area (Å²) in [5.74, 6) is 1.79. The van der Waals surface area contributed by atoms with Crippen molar-refractivity contribution in [3.05, 3.63) is 29.8 Å². The summed E-state index contributed by atoms with van der Waals surface area (Å²) in [7, 11) is 1.67. The van der Waals surface area contributed by atoms with E-state index in [4.69, 9.17) is 4.74 Å². The van der Waals surface area contributed by atoms with Gasteiger partial charge < -0.3 is 10.1 Å². The van der Waals surface area contributed by atoms with Gasteiger partial charge >= 0.3 is 0 Å². The number of rotatable bonds is 5. The fourth-order valence-corrected chi connectivity index (χ4v) is 1.85. The van der Waals surface area contributed by atoms with Crippen LogP contribution in [-0.2, 0) is 0 Å². The van der Waals surface area contributed by atoms with Gasteiger partial charge in [-0.25, -0.2) is 0 Å². The zero-order chi connectivity index (χ0) is 13.0. The Balaban J connectivity index is 2.24. The number of hydrogen-bond acceptors (Lipinski definition) is 3. The van der Waals surface area contributed by atoms with Crippen LogP contribution in [0.5, 0.6) is 5.75 Å². The Morgan fingerprint density at radius 3 is 2.61 bits per heavy atom. The minimum absolute atomic E-state index is 0.861. The fourth-order valence-electron chi connectivity index (χ4n) is 1.85. The average Bonchev–Trinajstić information content (AvgIpc) is 2.78. The van der Waals surface area contributed by atoms with Crippen LogP contribution in [0.3, 0.4) is 0 Å². The lowest BCUT2D eigenvalue weighted by molar-refractivity contribution is 0.415.